The Kier molecular flexibility index (Phi) is 6.76. The average Bonchev–Trinajstić information content (AvgIpc) is 2.63. The van der Waals surface area contributed by atoms with Gasteiger partial charge in [0.1, 0.15) is 12.2 Å². The van der Waals surface area contributed by atoms with Crippen molar-refractivity contribution in [3.05, 3.63) is 58.0 Å². The predicted molar refractivity (Wildman–Crippen MR) is 107 cm³/mol. The van der Waals surface area contributed by atoms with Gasteiger partial charge < -0.3 is 20.5 Å². The van der Waals surface area contributed by atoms with Crippen LogP contribution in [0.1, 0.15) is 31.5 Å². The van der Waals surface area contributed by atoms with Gasteiger partial charge in [0.05, 0.1) is 0 Å². The third-order valence-electron chi connectivity index (χ3n) is 4.27. The molecule has 2 aromatic rings. The van der Waals surface area contributed by atoms with Crippen LogP contribution in [0, 0.1) is 13.8 Å². The van der Waals surface area contributed by atoms with E-state index >= 15 is 0 Å². The molecule has 1 atom stereocenters. The van der Waals surface area contributed by atoms with Gasteiger partial charge in [-0.15, -0.1) is 0 Å². The minimum absolute atomic E-state index is 0.0371. The molecule has 1 heterocycles. The van der Waals surface area contributed by atoms with Crippen LogP contribution in [0.5, 0.6) is 0 Å². The van der Waals surface area contributed by atoms with E-state index in [1.165, 1.54) is 10.6 Å². The van der Waals surface area contributed by atoms with Crippen molar-refractivity contribution in [3.8, 4) is 0 Å². The Morgan fingerprint density at radius 2 is 1.70 bits per heavy atom. The number of carbonyl (C=O) groups excluding carboxylic acids is 2. The van der Waals surface area contributed by atoms with Crippen molar-refractivity contribution in [2.45, 2.75) is 46.7 Å². The van der Waals surface area contributed by atoms with E-state index in [-0.39, 0.29) is 24.2 Å². The van der Waals surface area contributed by atoms with Gasteiger partial charge in [0, 0.05) is 17.4 Å². The number of hydrogen-bond donors (Lipinski definition) is 3. The smallest absolute Gasteiger partial charge is 0.323 e. The number of pyridine rings is 1. The minimum atomic E-state index is -0.518. The molecule has 0 fully saturated rings. The van der Waals surface area contributed by atoms with E-state index in [0.29, 0.717) is 11.4 Å². The van der Waals surface area contributed by atoms with Gasteiger partial charge in [-0.1, -0.05) is 24.6 Å². The lowest BCUT2D eigenvalue weighted by Crippen LogP contribution is -2.38. The highest BCUT2D eigenvalue weighted by Gasteiger charge is 2.13. The largest absolute Gasteiger partial charge is 0.352 e. The number of benzene rings is 1. The third-order valence-corrected chi connectivity index (χ3v) is 4.27. The molecule has 1 aromatic carbocycles. The third kappa shape index (κ3) is 5.70. The predicted octanol–water partition coefficient (Wildman–Crippen LogP) is 3.02. The van der Waals surface area contributed by atoms with Gasteiger partial charge in [-0.05, 0) is 51.5 Å². The molecule has 7 nitrogen and oxygen atoms in total. The van der Waals surface area contributed by atoms with E-state index in [0.717, 1.165) is 12.0 Å². The summed E-state index contributed by atoms with van der Waals surface area (Å²) in [5.41, 5.74) is 2.04. The summed E-state index contributed by atoms with van der Waals surface area (Å²) in [6.07, 6.45) is 0.806. The molecule has 2 rings (SSSR count). The highest BCUT2D eigenvalue weighted by atomic mass is 16.2. The summed E-state index contributed by atoms with van der Waals surface area (Å²) in [7, 11) is 0. The number of hydrogen-bond acceptors (Lipinski definition) is 3. The Bertz CT molecular complexity index is 872. The number of rotatable bonds is 6. The number of urea groups is 1. The zero-order valence-corrected chi connectivity index (χ0v) is 16.1. The van der Waals surface area contributed by atoms with Gasteiger partial charge in [0.2, 0.25) is 5.91 Å². The van der Waals surface area contributed by atoms with Crippen LogP contribution in [0.4, 0.5) is 16.2 Å². The van der Waals surface area contributed by atoms with Crippen LogP contribution >= 0.6 is 0 Å². The lowest BCUT2D eigenvalue weighted by molar-refractivity contribution is -0.122. The molecule has 3 amide bonds. The fourth-order valence-electron chi connectivity index (χ4n) is 2.45. The van der Waals surface area contributed by atoms with Crippen LogP contribution in [0.25, 0.3) is 0 Å². The lowest BCUT2D eigenvalue weighted by Gasteiger charge is -2.15. The van der Waals surface area contributed by atoms with Crippen LogP contribution in [-0.2, 0) is 11.3 Å². The Balaban J connectivity index is 2.11. The first-order chi connectivity index (χ1) is 12.8. The maximum Gasteiger partial charge on any atom is 0.323 e. The first-order valence-electron chi connectivity index (χ1n) is 8.94. The first kappa shape index (κ1) is 20.2. The summed E-state index contributed by atoms with van der Waals surface area (Å²) in [6.45, 7) is 7.48. The molecular weight excluding hydrogens is 344 g/mol. The second kappa shape index (κ2) is 9.02. The number of nitrogens with zero attached hydrogens (tertiary/aromatic N) is 1. The van der Waals surface area contributed by atoms with Crippen LogP contribution in [0.2, 0.25) is 0 Å². The average molecular weight is 370 g/mol. The number of nitrogens with one attached hydrogen (secondary N) is 3. The lowest BCUT2D eigenvalue weighted by atomic mass is 10.2. The zero-order valence-electron chi connectivity index (χ0n) is 16.1. The highest BCUT2D eigenvalue weighted by Crippen LogP contribution is 2.10. The maximum absolute atomic E-state index is 12.7. The molecule has 144 valence electrons. The number of carbonyl (C=O) groups is 2. The molecule has 0 radical (unpaired) electrons. The van der Waals surface area contributed by atoms with E-state index in [1.807, 2.05) is 32.9 Å². The topological polar surface area (TPSA) is 92.2 Å². The van der Waals surface area contributed by atoms with Gasteiger partial charge in [-0.3, -0.25) is 9.59 Å². The molecule has 0 unspecified atom stereocenters. The fourth-order valence-corrected chi connectivity index (χ4v) is 2.45. The molecular formula is C20H26N4O3. The van der Waals surface area contributed by atoms with Gasteiger partial charge in [-0.25, -0.2) is 4.79 Å². The van der Waals surface area contributed by atoms with Gasteiger partial charge in [0.25, 0.3) is 5.56 Å². The Morgan fingerprint density at radius 3 is 2.33 bits per heavy atom. The second-order valence-corrected chi connectivity index (χ2v) is 6.60. The molecule has 7 heteroatoms. The van der Waals surface area contributed by atoms with Crippen molar-refractivity contribution >= 4 is 23.3 Å². The summed E-state index contributed by atoms with van der Waals surface area (Å²) >= 11 is 0. The van der Waals surface area contributed by atoms with E-state index < -0.39 is 11.6 Å². The molecule has 0 spiro atoms. The molecule has 0 saturated heterocycles. The molecule has 1 aromatic heterocycles. The summed E-state index contributed by atoms with van der Waals surface area (Å²) in [5, 5.41) is 8.06. The normalized spacial score (nSPS) is 11.6. The Labute approximate surface area is 158 Å². The van der Waals surface area contributed by atoms with Gasteiger partial charge in [-0.2, -0.15) is 0 Å². The minimum Gasteiger partial charge on any atom is -0.352 e. The van der Waals surface area contributed by atoms with Crippen molar-refractivity contribution < 1.29 is 9.59 Å². The van der Waals surface area contributed by atoms with Crippen molar-refractivity contribution in [3.63, 3.8) is 0 Å². The van der Waals surface area contributed by atoms with Crippen molar-refractivity contribution in [1.82, 2.24) is 9.88 Å². The van der Waals surface area contributed by atoms with E-state index in [2.05, 4.69) is 16.0 Å². The number of amides is 3. The Morgan fingerprint density at radius 1 is 1.04 bits per heavy atom. The molecule has 0 bridgehead atoms. The standard InChI is InChI=1S/C20H26N4O3/c1-5-14(3)21-18(25)12-24-15(4)8-11-17(19(24)26)23-20(27)22-16-9-6-13(2)7-10-16/h6-11,14H,5,12H2,1-4H3,(H,21,25)(H2,22,23,27)/t14-/m1/s1. The molecule has 0 saturated carbocycles. The summed E-state index contributed by atoms with van der Waals surface area (Å²) in [4.78, 5) is 36.9. The van der Waals surface area contributed by atoms with Crippen LogP contribution in [0.3, 0.4) is 0 Å². The molecule has 27 heavy (non-hydrogen) atoms. The monoisotopic (exact) mass is 370 g/mol. The van der Waals surface area contributed by atoms with E-state index in [9.17, 15) is 14.4 Å². The van der Waals surface area contributed by atoms with Crippen LogP contribution in [0.15, 0.2) is 41.2 Å². The zero-order chi connectivity index (χ0) is 20.0. The first-order valence-corrected chi connectivity index (χ1v) is 8.94. The molecule has 0 aliphatic rings. The Hall–Kier alpha value is -3.09. The summed E-state index contributed by atoms with van der Waals surface area (Å²) < 4.78 is 1.35. The van der Waals surface area contributed by atoms with Gasteiger partial charge >= 0.3 is 6.03 Å². The van der Waals surface area contributed by atoms with Crippen LogP contribution in [-0.4, -0.2) is 22.5 Å². The van der Waals surface area contributed by atoms with Crippen molar-refractivity contribution in [1.29, 1.82) is 0 Å². The summed E-state index contributed by atoms with van der Waals surface area (Å²) in [5.74, 6) is -0.240. The van der Waals surface area contributed by atoms with Crippen molar-refractivity contribution in [2.24, 2.45) is 0 Å². The van der Waals surface area contributed by atoms with E-state index in [1.54, 1.807) is 25.1 Å². The SMILES string of the molecule is CC[C@@H](C)NC(=O)Cn1c(C)ccc(NC(=O)Nc2ccc(C)cc2)c1=O. The fraction of sp³-hybridized carbons (Fsp3) is 0.350. The number of anilines is 2. The number of aryl methyl sites for hydroxylation is 2. The second-order valence-electron chi connectivity index (χ2n) is 6.60. The highest BCUT2D eigenvalue weighted by molar-refractivity contribution is 5.99. The van der Waals surface area contributed by atoms with Gasteiger partial charge in [0.15, 0.2) is 0 Å². The van der Waals surface area contributed by atoms with E-state index in [4.69, 9.17) is 0 Å². The molecule has 0 aliphatic heterocycles. The number of aromatic nitrogens is 1. The van der Waals surface area contributed by atoms with Crippen LogP contribution < -0.4 is 21.5 Å². The molecule has 3 N–H and O–H groups in total. The maximum atomic E-state index is 12.7. The quantitative estimate of drug-likeness (QED) is 0.730. The summed E-state index contributed by atoms with van der Waals surface area (Å²) in [6, 6.07) is 10.1. The molecule has 0 aliphatic carbocycles. The van der Waals surface area contributed by atoms with Crippen molar-refractivity contribution in [2.75, 3.05) is 10.6 Å².